The third-order valence-corrected chi connectivity index (χ3v) is 5.79. The second-order valence-electron chi connectivity index (χ2n) is 6.11. The summed E-state index contributed by atoms with van der Waals surface area (Å²) in [6.07, 6.45) is 0. The number of carbonyl (C=O) groups is 1. The number of hydrogen-bond acceptors (Lipinski definition) is 6. The standard InChI is InChI=1S/C19H17NO6S/c1-12-9-18(21)26-17-11-14(7-8-16(12)17)25-19(22)13-5-4-6-15(10-13)27(23,24)20(2)3/h4-11H,1-3H3. The Kier molecular flexibility index (Phi) is 4.86. The molecule has 2 aromatic carbocycles. The lowest BCUT2D eigenvalue weighted by atomic mass is 10.1. The highest BCUT2D eigenvalue weighted by Gasteiger charge is 2.19. The van der Waals surface area contributed by atoms with E-state index >= 15 is 0 Å². The number of esters is 1. The molecule has 0 spiro atoms. The van der Waals surface area contributed by atoms with Crippen molar-refractivity contribution >= 4 is 27.0 Å². The predicted octanol–water partition coefficient (Wildman–Crippen LogP) is 2.57. The van der Waals surface area contributed by atoms with Gasteiger partial charge in [-0.25, -0.2) is 22.3 Å². The van der Waals surface area contributed by atoms with Gasteiger partial charge in [0, 0.05) is 31.6 Å². The number of rotatable bonds is 4. The van der Waals surface area contributed by atoms with Crippen molar-refractivity contribution in [1.82, 2.24) is 4.31 Å². The summed E-state index contributed by atoms with van der Waals surface area (Å²) in [5.74, 6) is -0.540. The Hall–Kier alpha value is -2.97. The van der Waals surface area contributed by atoms with Crippen molar-refractivity contribution in [2.75, 3.05) is 14.1 Å². The number of fused-ring (bicyclic) bond motifs is 1. The first-order chi connectivity index (χ1) is 12.7. The molecule has 0 radical (unpaired) electrons. The van der Waals surface area contributed by atoms with Gasteiger partial charge in [0.2, 0.25) is 10.0 Å². The van der Waals surface area contributed by atoms with Gasteiger partial charge in [0.15, 0.2) is 0 Å². The van der Waals surface area contributed by atoms with Crippen LogP contribution in [0.25, 0.3) is 11.0 Å². The zero-order valence-electron chi connectivity index (χ0n) is 14.9. The van der Waals surface area contributed by atoms with Crippen molar-refractivity contribution < 1.29 is 22.4 Å². The van der Waals surface area contributed by atoms with Crippen LogP contribution in [0.15, 0.2) is 62.6 Å². The molecular formula is C19H17NO6S. The van der Waals surface area contributed by atoms with Crippen LogP contribution in [0.3, 0.4) is 0 Å². The molecule has 8 heteroatoms. The summed E-state index contributed by atoms with van der Waals surface area (Å²) < 4.78 is 35.9. The Labute approximate surface area is 155 Å². The zero-order chi connectivity index (χ0) is 19.8. The van der Waals surface area contributed by atoms with Crippen LogP contribution in [0.1, 0.15) is 15.9 Å². The second kappa shape index (κ2) is 6.98. The number of hydrogen-bond donors (Lipinski definition) is 0. The Bertz CT molecular complexity index is 1190. The first-order valence-corrected chi connectivity index (χ1v) is 9.42. The molecule has 0 saturated carbocycles. The number of carbonyl (C=O) groups excluding carboxylic acids is 1. The van der Waals surface area contributed by atoms with E-state index in [0.29, 0.717) is 5.58 Å². The minimum Gasteiger partial charge on any atom is -0.423 e. The van der Waals surface area contributed by atoms with Crippen molar-refractivity contribution in [2.45, 2.75) is 11.8 Å². The lowest BCUT2D eigenvalue weighted by Gasteiger charge is -2.12. The fraction of sp³-hybridized carbons (Fsp3) is 0.158. The van der Waals surface area contributed by atoms with Gasteiger partial charge < -0.3 is 9.15 Å². The number of ether oxygens (including phenoxy) is 1. The molecule has 0 fully saturated rings. The van der Waals surface area contributed by atoms with Crippen LogP contribution in [-0.4, -0.2) is 32.8 Å². The summed E-state index contributed by atoms with van der Waals surface area (Å²) in [6, 6.07) is 11.7. The lowest BCUT2D eigenvalue weighted by molar-refractivity contribution is 0.0734. The van der Waals surface area contributed by atoms with Gasteiger partial charge >= 0.3 is 11.6 Å². The second-order valence-corrected chi connectivity index (χ2v) is 8.26. The normalized spacial score (nSPS) is 11.7. The Morgan fingerprint density at radius 3 is 2.52 bits per heavy atom. The van der Waals surface area contributed by atoms with Crippen molar-refractivity contribution in [3.63, 3.8) is 0 Å². The molecule has 0 atom stereocenters. The third kappa shape index (κ3) is 3.76. The molecule has 0 saturated heterocycles. The first-order valence-electron chi connectivity index (χ1n) is 7.98. The van der Waals surface area contributed by atoms with Gasteiger partial charge in [0.1, 0.15) is 11.3 Å². The summed E-state index contributed by atoms with van der Waals surface area (Å²) in [5, 5.41) is 0.730. The van der Waals surface area contributed by atoms with Gasteiger partial charge in [-0.15, -0.1) is 0 Å². The molecule has 140 valence electrons. The van der Waals surface area contributed by atoms with E-state index in [4.69, 9.17) is 9.15 Å². The minimum atomic E-state index is -3.67. The number of nitrogens with zero attached hydrogens (tertiary/aromatic N) is 1. The molecule has 0 aliphatic carbocycles. The largest absolute Gasteiger partial charge is 0.423 e. The highest BCUT2D eigenvalue weighted by atomic mass is 32.2. The van der Waals surface area contributed by atoms with E-state index in [9.17, 15) is 18.0 Å². The summed E-state index contributed by atoms with van der Waals surface area (Å²) in [4.78, 5) is 23.9. The van der Waals surface area contributed by atoms with Gasteiger partial charge in [-0.1, -0.05) is 6.07 Å². The maximum absolute atomic E-state index is 12.4. The summed E-state index contributed by atoms with van der Waals surface area (Å²) >= 11 is 0. The monoisotopic (exact) mass is 387 g/mol. The van der Waals surface area contributed by atoms with Gasteiger partial charge in [-0.2, -0.15) is 0 Å². The number of benzene rings is 2. The molecule has 1 aromatic heterocycles. The van der Waals surface area contributed by atoms with Gasteiger partial charge in [-0.3, -0.25) is 0 Å². The van der Waals surface area contributed by atoms with E-state index in [1.165, 1.54) is 50.5 Å². The summed E-state index contributed by atoms with van der Waals surface area (Å²) in [7, 11) is -0.852. The van der Waals surface area contributed by atoms with Gasteiger partial charge in [0.25, 0.3) is 0 Å². The quantitative estimate of drug-likeness (QED) is 0.388. The van der Waals surface area contributed by atoms with Crippen molar-refractivity contribution in [3.8, 4) is 5.75 Å². The molecule has 7 nitrogen and oxygen atoms in total. The van der Waals surface area contributed by atoms with Crippen LogP contribution < -0.4 is 10.4 Å². The predicted molar refractivity (Wildman–Crippen MR) is 99.5 cm³/mol. The molecule has 3 aromatic rings. The van der Waals surface area contributed by atoms with Crippen LogP contribution in [-0.2, 0) is 10.0 Å². The van der Waals surface area contributed by atoms with E-state index in [1.807, 2.05) is 0 Å². The molecule has 0 N–H and O–H groups in total. The van der Waals surface area contributed by atoms with Crippen molar-refractivity contribution in [3.05, 3.63) is 70.1 Å². The first kappa shape index (κ1) is 18.8. The molecule has 0 unspecified atom stereocenters. The van der Waals surface area contributed by atoms with Crippen LogP contribution in [0.4, 0.5) is 0 Å². The molecule has 0 amide bonds. The number of aryl methyl sites for hydroxylation is 1. The fourth-order valence-electron chi connectivity index (χ4n) is 2.53. The smallest absolute Gasteiger partial charge is 0.343 e. The van der Waals surface area contributed by atoms with E-state index in [1.54, 1.807) is 19.1 Å². The minimum absolute atomic E-state index is 0.0120. The molecular weight excluding hydrogens is 370 g/mol. The Balaban J connectivity index is 1.92. The third-order valence-electron chi connectivity index (χ3n) is 3.98. The van der Waals surface area contributed by atoms with Crippen molar-refractivity contribution in [1.29, 1.82) is 0 Å². The van der Waals surface area contributed by atoms with E-state index in [0.717, 1.165) is 15.3 Å². The van der Waals surface area contributed by atoms with Crippen LogP contribution >= 0.6 is 0 Å². The average Bonchev–Trinajstić information content (AvgIpc) is 2.61. The number of sulfonamides is 1. The fourth-order valence-corrected chi connectivity index (χ4v) is 3.48. The SMILES string of the molecule is Cc1cc(=O)oc2cc(OC(=O)c3cccc(S(=O)(=O)N(C)C)c3)ccc12. The van der Waals surface area contributed by atoms with E-state index in [-0.39, 0.29) is 16.2 Å². The highest BCUT2D eigenvalue weighted by molar-refractivity contribution is 7.89. The molecule has 27 heavy (non-hydrogen) atoms. The molecule has 0 aliphatic rings. The maximum atomic E-state index is 12.4. The summed E-state index contributed by atoms with van der Waals surface area (Å²) in [5.41, 5.74) is 0.642. The van der Waals surface area contributed by atoms with Crippen LogP contribution in [0.2, 0.25) is 0 Å². The molecule has 3 rings (SSSR count). The Morgan fingerprint density at radius 1 is 1.07 bits per heavy atom. The van der Waals surface area contributed by atoms with Crippen LogP contribution in [0.5, 0.6) is 5.75 Å². The zero-order valence-corrected chi connectivity index (χ0v) is 15.7. The molecule has 0 bridgehead atoms. The lowest BCUT2D eigenvalue weighted by Crippen LogP contribution is -2.22. The maximum Gasteiger partial charge on any atom is 0.343 e. The molecule has 0 aliphatic heterocycles. The topological polar surface area (TPSA) is 93.9 Å². The Morgan fingerprint density at radius 2 is 1.81 bits per heavy atom. The van der Waals surface area contributed by atoms with E-state index in [2.05, 4.69) is 0 Å². The van der Waals surface area contributed by atoms with Crippen molar-refractivity contribution in [2.24, 2.45) is 0 Å². The highest BCUT2D eigenvalue weighted by Crippen LogP contribution is 2.23. The summed E-state index contributed by atoms with van der Waals surface area (Å²) in [6.45, 7) is 1.78. The van der Waals surface area contributed by atoms with Gasteiger partial charge in [-0.05, 0) is 42.8 Å². The average molecular weight is 387 g/mol. The van der Waals surface area contributed by atoms with Gasteiger partial charge in [0.05, 0.1) is 10.5 Å². The molecule has 1 heterocycles. The van der Waals surface area contributed by atoms with Crippen LogP contribution in [0, 0.1) is 6.92 Å². The van der Waals surface area contributed by atoms with E-state index < -0.39 is 21.6 Å².